The van der Waals surface area contributed by atoms with Crippen LogP contribution in [0.2, 0.25) is 0 Å². The minimum atomic E-state index is 0.314. The summed E-state index contributed by atoms with van der Waals surface area (Å²) in [6.45, 7) is 8.37. The standard InChI is InChI=1S/C17H24BrN3/c1-4-8-19-17(10-14-11-20-21(5-2)12-14)15-7-6-13(3)9-16(15)18/h6-7,9,11-12,17,19H,4-5,8,10H2,1-3H3. The van der Waals surface area contributed by atoms with Gasteiger partial charge >= 0.3 is 0 Å². The number of aryl methyl sites for hydroxylation is 2. The molecule has 1 aromatic heterocycles. The third kappa shape index (κ3) is 4.42. The second-order valence-electron chi connectivity index (χ2n) is 5.44. The first kappa shape index (κ1) is 16.2. The molecule has 1 aromatic carbocycles. The highest BCUT2D eigenvalue weighted by Crippen LogP contribution is 2.27. The zero-order valence-electron chi connectivity index (χ0n) is 13.1. The molecule has 21 heavy (non-hydrogen) atoms. The van der Waals surface area contributed by atoms with Gasteiger partial charge in [-0.1, -0.05) is 35.0 Å². The lowest BCUT2D eigenvalue weighted by Crippen LogP contribution is -2.24. The van der Waals surface area contributed by atoms with Crippen LogP contribution in [-0.4, -0.2) is 16.3 Å². The van der Waals surface area contributed by atoms with Crippen molar-refractivity contribution in [3.05, 3.63) is 51.8 Å². The van der Waals surface area contributed by atoms with E-state index in [1.807, 2.05) is 10.9 Å². The normalized spacial score (nSPS) is 12.6. The first-order valence-electron chi connectivity index (χ1n) is 7.64. The third-order valence-corrected chi connectivity index (χ3v) is 4.31. The Morgan fingerprint density at radius 1 is 1.33 bits per heavy atom. The molecule has 1 atom stereocenters. The van der Waals surface area contributed by atoms with Crippen molar-refractivity contribution in [2.75, 3.05) is 6.54 Å². The third-order valence-electron chi connectivity index (χ3n) is 3.62. The van der Waals surface area contributed by atoms with Gasteiger partial charge < -0.3 is 5.32 Å². The van der Waals surface area contributed by atoms with Crippen LogP contribution >= 0.6 is 15.9 Å². The van der Waals surface area contributed by atoms with Crippen LogP contribution in [0.3, 0.4) is 0 Å². The highest BCUT2D eigenvalue weighted by Gasteiger charge is 2.15. The predicted octanol–water partition coefficient (Wildman–Crippen LogP) is 4.26. The van der Waals surface area contributed by atoms with Gasteiger partial charge in [-0.3, -0.25) is 4.68 Å². The molecular weight excluding hydrogens is 326 g/mol. The SMILES string of the molecule is CCCNC(Cc1cnn(CC)c1)c1ccc(C)cc1Br. The maximum absolute atomic E-state index is 4.38. The number of rotatable bonds is 7. The van der Waals surface area contributed by atoms with Crippen molar-refractivity contribution in [1.29, 1.82) is 0 Å². The van der Waals surface area contributed by atoms with Crippen LogP contribution < -0.4 is 5.32 Å². The number of benzene rings is 1. The summed E-state index contributed by atoms with van der Waals surface area (Å²) in [6, 6.07) is 6.90. The van der Waals surface area contributed by atoms with Crippen LogP contribution in [0.5, 0.6) is 0 Å². The van der Waals surface area contributed by atoms with Gasteiger partial charge in [0.05, 0.1) is 6.20 Å². The molecule has 1 N–H and O–H groups in total. The molecule has 0 aliphatic rings. The average molecular weight is 350 g/mol. The van der Waals surface area contributed by atoms with E-state index < -0.39 is 0 Å². The molecule has 0 aliphatic carbocycles. The van der Waals surface area contributed by atoms with Crippen LogP contribution in [0, 0.1) is 6.92 Å². The molecule has 0 fully saturated rings. The number of halogens is 1. The van der Waals surface area contributed by atoms with Crippen LogP contribution in [0.1, 0.15) is 43.0 Å². The van der Waals surface area contributed by atoms with E-state index in [9.17, 15) is 0 Å². The van der Waals surface area contributed by atoms with Crippen LogP contribution in [0.25, 0.3) is 0 Å². The zero-order chi connectivity index (χ0) is 15.2. The van der Waals surface area contributed by atoms with Gasteiger partial charge in [-0.25, -0.2) is 0 Å². The molecule has 4 heteroatoms. The first-order valence-corrected chi connectivity index (χ1v) is 8.44. The smallest absolute Gasteiger partial charge is 0.0522 e. The Morgan fingerprint density at radius 2 is 2.14 bits per heavy atom. The summed E-state index contributed by atoms with van der Waals surface area (Å²) in [4.78, 5) is 0. The van der Waals surface area contributed by atoms with Crippen molar-refractivity contribution < 1.29 is 0 Å². The maximum atomic E-state index is 4.38. The summed E-state index contributed by atoms with van der Waals surface area (Å²) >= 11 is 3.71. The van der Waals surface area contributed by atoms with Crippen molar-refractivity contribution in [3.8, 4) is 0 Å². The molecule has 3 nitrogen and oxygen atoms in total. The van der Waals surface area contributed by atoms with Crippen molar-refractivity contribution in [1.82, 2.24) is 15.1 Å². The molecule has 2 rings (SSSR count). The summed E-state index contributed by atoms with van der Waals surface area (Å²) in [7, 11) is 0. The minimum absolute atomic E-state index is 0.314. The van der Waals surface area contributed by atoms with E-state index in [4.69, 9.17) is 0 Å². The second kappa shape index (κ2) is 7.76. The molecule has 0 bridgehead atoms. The number of hydrogen-bond donors (Lipinski definition) is 1. The van der Waals surface area contributed by atoms with E-state index in [0.717, 1.165) is 25.9 Å². The van der Waals surface area contributed by atoms with Crippen LogP contribution in [0.4, 0.5) is 0 Å². The van der Waals surface area contributed by atoms with E-state index in [-0.39, 0.29) is 0 Å². The molecule has 0 saturated carbocycles. The molecule has 0 radical (unpaired) electrons. The van der Waals surface area contributed by atoms with E-state index in [0.29, 0.717) is 6.04 Å². The lowest BCUT2D eigenvalue weighted by atomic mass is 9.99. The van der Waals surface area contributed by atoms with Gasteiger partial charge in [0, 0.05) is 23.3 Å². The average Bonchev–Trinajstić information content (AvgIpc) is 2.91. The number of hydrogen-bond acceptors (Lipinski definition) is 2. The van der Waals surface area contributed by atoms with Crippen molar-refractivity contribution in [3.63, 3.8) is 0 Å². The fourth-order valence-corrected chi connectivity index (χ4v) is 3.22. The summed E-state index contributed by atoms with van der Waals surface area (Å²) in [5.74, 6) is 0. The van der Waals surface area contributed by atoms with E-state index in [1.54, 1.807) is 0 Å². The Balaban J connectivity index is 2.20. The minimum Gasteiger partial charge on any atom is -0.310 e. The topological polar surface area (TPSA) is 29.9 Å². The van der Waals surface area contributed by atoms with E-state index >= 15 is 0 Å². The second-order valence-corrected chi connectivity index (χ2v) is 6.29. The monoisotopic (exact) mass is 349 g/mol. The summed E-state index contributed by atoms with van der Waals surface area (Å²) in [5.41, 5.74) is 3.87. The molecular formula is C17H24BrN3. The highest BCUT2D eigenvalue weighted by molar-refractivity contribution is 9.10. The lowest BCUT2D eigenvalue weighted by molar-refractivity contribution is 0.527. The summed E-state index contributed by atoms with van der Waals surface area (Å²) in [5, 5.41) is 8.03. The van der Waals surface area contributed by atoms with E-state index in [2.05, 4.69) is 71.5 Å². The fourth-order valence-electron chi connectivity index (χ4n) is 2.45. The van der Waals surface area contributed by atoms with Gasteiger partial charge in [-0.15, -0.1) is 0 Å². The molecule has 0 spiro atoms. The Labute approximate surface area is 135 Å². The molecule has 1 heterocycles. The lowest BCUT2D eigenvalue weighted by Gasteiger charge is -2.20. The van der Waals surface area contributed by atoms with Gasteiger partial charge in [0.25, 0.3) is 0 Å². The quantitative estimate of drug-likeness (QED) is 0.809. The molecule has 0 aliphatic heterocycles. The highest BCUT2D eigenvalue weighted by atomic mass is 79.9. The van der Waals surface area contributed by atoms with Crippen molar-refractivity contribution in [2.24, 2.45) is 0 Å². The molecule has 1 unspecified atom stereocenters. The molecule has 114 valence electrons. The Kier molecular flexibility index (Phi) is 6.00. The van der Waals surface area contributed by atoms with Crippen molar-refractivity contribution in [2.45, 2.75) is 46.2 Å². The Bertz CT molecular complexity index is 577. The molecule has 0 amide bonds. The number of aromatic nitrogens is 2. The van der Waals surface area contributed by atoms with Gasteiger partial charge in [0.1, 0.15) is 0 Å². The van der Waals surface area contributed by atoms with Gasteiger partial charge in [0.15, 0.2) is 0 Å². The van der Waals surface area contributed by atoms with Gasteiger partial charge in [-0.2, -0.15) is 5.10 Å². The van der Waals surface area contributed by atoms with Crippen LogP contribution in [-0.2, 0) is 13.0 Å². The number of nitrogens with zero attached hydrogens (tertiary/aromatic N) is 2. The Hall–Kier alpha value is -1.13. The molecule has 2 aromatic rings. The predicted molar refractivity (Wildman–Crippen MR) is 91.5 cm³/mol. The van der Waals surface area contributed by atoms with Crippen molar-refractivity contribution >= 4 is 15.9 Å². The zero-order valence-corrected chi connectivity index (χ0v) is 14.7. The first-order chi connectivity index (χ1) is 10.1. The van der Waals surface area contributed by atoms with Crippen LogP contribution in [0.15, 0.2) is 35.1 Å². The Morgan fingerprint density at radius 3 is 2.76 bits per heavy atom. The number of nitrogens with one attached hydrogen (secondary N) is 1. The summed E-state index contributed by atoms with van der Waals surface area (Å²) < 4.78 is 3.16. The molecule has 0 saturated heterocycles. The fraction of sp³-hybridized carbons (Fsp3) is 0.471. The summed E-state index contributed by atoms with van der Waals surface area (Å²) in [6.07, 6.45) is 6.21. The van der Waals surface area contributed by atoms with Gasteiger partial charge in [-0.05, 0) is 56.0 Å². The van der Waals surface area contributed by atoms with E-state index in [1.165, 1.54) is 21.2 Å². The van der Waals surface area contributed by atoms with Gasteiger partial charge in [0.2, 0.25) is 0 Å². The maximum Gasteiger partial charge on any atom is 0.0522 e. The largest absolute Gasteiger partial charge is 0.310 e.